The average molecular weight is 391 g/mol. The highest BCUT2D eigenvalue weighted by atomic mass is 32.2. The van der Waals surface area contributed by atoms with E-state index >= 15 is 0 Å². The Bertz CT molecular complexity index is 697. The molecule has 0 aromatic heterocycles. The highest BCUT2D eigenvalue weighted by Gasteiger charge is 2.17. The second kappa shape index (κ2) is 10.6. The van der Waals surface area contributed by atoms with Gasteiger partial charge in [0.1, 0.15) is 6.26 Å². The van der Waals surface area contributed by atoms with Crippen LogP contribution in [-0.2, 0) is 11.2 Å². The average Bonchev–Trinajstić information content (AvgIpc) is 2.67. The lowest BCUT2D eigenvalue weighted by atomic mass is 10.1. The smallest absolute Gasteiger partial charge is 0.194 e. The molecule has 0 aliphatic carbocycles. The summed E-state index contributed by atoms with van der Waals surface area (Å²) >= 11 is -1.29. The van der Waals surface area contributed by atoms with Gasteiger partial charge in [-0.15, -0.1) is 0 Å². The lowest BCUT2D eigenvalue weighted by molar-refractivity contribution is 0.170. The van der Waals surface area contributed by atoms with Gasteiger partial charge in [-0.25, -0.2) is 0 Å². The molecule has 148 valence electrons. The third-order valence-corrected chi connectivity index (χ3v) is 5.62. The van der Waals surface area contributed by atoms with Crippen molar-refractivity contribution in [3.8, 4) is 5.75 Å². The van der Waals surface area contributed by atoms with Crippen LogP contribution in [0.3, 0.4) is 0 Å². The minimum Gasteiger partial charge on any atom is -0.612 e. The summed E-state index contributed by atoms with van der Waals surface area (Å²) in [7, 11) is 0. The Hall–Kier alpha value is -1.73. The number of para-hydroxylation sites is 1. The summed E-state index contributed by atoms with van der Waals surface area (Å²) in [6.45, 7) is 6.54. The Balaban J connectivity index is 1.84. The van der Waals surface area contributed by atoms with Gasteiger partial charge in [-0.1, -0.05) is 24.3 Å². The van der Waals surface area contributed by atoms with Crippen LogP contribution in [0.1, 0.15) is 31.9 Å². The van der Waals surface area contributed by atoms with E-state index in [1.165, 1.54) is 18.0 Å². The Labute approximate surface area is 165 Å². The van der Waals surface area contributed by atoms with Gasteiger partial charge in [0, 0.05) is 37.4 Å². The van der Waals surface area contributed by atoms with Gasteiger partial charge in [-0.05, 0) is 55.2 Å². The van der Waals surface area contributed by atoms with Gasteiger partial charge < -0.3 is 25.0 Å². The van der Waals surface area contributed by atoms with Crippen molar-refractivity contribution in [1.82, 2.24) is 5.32 Å². The minimum atomic E-state index is -1.29. The van der Waals surface area contributed by atoms with E-state index in [0.29, 0.717) is 17.0 Å². The van der Waals surface area contributed by atoms with Gasteiger partial charge in [0.25, 0.3) is 0 Å². The standard InChI is InChI=1S/C21H30N2O3S/c1-4-23(18-8-6-5-7-9-18)13-12-16(2)22-15-20(25)17-10-11-19(24)21(14-17)27(3)26/h5-11,14,16,20,22,24-25H,4,12-13,15H2,1-3H3. The summed E-state index contributed by atoms with van der Waals surface area (Å²) in [4.78, 5) is 2.68. The summed E-state index contributed by atoms with van der Waals surface area (Å²) in [5.74, 6) is -0.00585. The maximum absolute atomic E-state index is 11.7. The highest BCUT2D eigenvalue weighted by Crippen LogP contribution is 2.26. The van der Waals surface area contributed by atoms with Crippen LogP contribution >= 0.6 is 0 Å². The number of benzene rings is 2. The van der Waals surface area contributed by atoms with Crippen LogP contribution in [0, 0.1) is 0 Å². The second-order valence-electron chi connectivity index (χ2n) is 6.71. The molecule has 0 aliphatic heterocycles. The van der Waals surface area contributed by atoms with Crippen molar-refractivity contribution in [3.63, 3.8) is 0 Å². The summed E-state index contributed by atoms with van der Waals surface area (Å²) in [6, 6.07) is 15.3. The third-order valence-electron chi connectivity index (χ3n) is 4.67. The van der Waals surface area contributed by atoms with E-state index in [0.717, 1.165) is 19.5 Å². The molecule has 27 heavy (non-hydrogen) atoms. The van der Waals surface area contributed by atoms with Gasteiger partial charge in [-0.2, -0.15) is 0 Å². The van der Waals surface area contributed by atoms with Crippen LogP contribution in [0.25, 0.3) is 0 Å². The van der Waals surface area contributed by atoms with Gasteiger partial charge in [0.15, 0.2) is 10.6 Å². The van der Waals surface area contributed by atoms with E-state index in [1.807, 2.05) is 18.2 Å². The molecule has 0 aliphatic rings. The zero-order chi connectivity index (χ0) is 19.8. The summed E-state index contributed by atoms with van der Waals surface area (Å²) in [5.41, 5.74) is 1.87. The van der Waals surface area contributed by atoms with Crippen LogP contribution in [0.2, 0.25) is 0 Å². The van der Waals surface area contributed by atoms with Gasteiger partial charge in [0.2, 0.25) is 0 Å². The first-order valence-corrected chi connectivity index (χ1v) is 10.9. The second-order valence-corrected chi connectivity index (χ2v) is 8.06. The first-order valence-electron chi connectivity index (χ1n) is 9.30. The normalized spacial score (nSPS) is 14.6. The number of aliphatic hydroxyl groups excluding tert-OH is 1. The molecule has 0 radical (unpaired) electrons. The molecule has 3 unspecified atom stereocenters. The number of nitrogens with one attached hydrogen (secondary N) is 1. The summed E-state index contributed by atoms with van der Waals surface area (Å²) < 4.78 is 11.7. The Morgan fingerprint density at radius 2 is 1.89 bits per heavy atom. The van der Waals surface area contributed by atoms with Crippen molar-refractivity contribution in [3.05, 3.63) is 54.1 Å². The van der Waals surface area contributed by atoms with E-state index < -0.39 is 17.3 Å². The zero-order valence-corrected chi connectivity index (χ0v) is 17.1. The van der Waals surface area contributed by atoms with Crippen LogP contribution in [0.5, 0.6) is 5.75 Å². The number of aliphatic hydroxyl groups is 1. The number of aromatic hydroxyl groups is 1. The third kappa shape index (κ3) is 6.43. The number of phenols is 1. The molecule has 0 saturated carbocycles. The topological polar surface area (TPSA) is 78.8 Å². The quantitative estimate of drug-likeness (QED) is 0.544. The molecule has 0 bridgehead atoms. The maximum atomic E-state index is 11.7. The van der Waals surface area contributed by atoms with Gasteiger partial charge >= 0.3 is 0 Å². The van der Waals surface area contributed by atoms with E-state index in [4.69, 9.17) is 0 Å². The van der Waals surface area contributed by atoms with Gasteiger partial charge in [-0.3, -0.25) is 0 Å². The fourth-order valence-corrected chi connectivity index (χ4v) is 3.62. The molecule has 5 nitrogen and oxygen atoms in total. The van der Waals surface area contributed by atoms with Crippen LogP contribution in [0.4, 0.5) is 5.69 Å². The molecule has 6 heteroatoms. The summed E-state index contributed by atoms with van der Waals surface area (Å²) in [6.07, 6.45) is 1.75. The van der Waals surface area contributed by atoms with Gasteiger partial charge in [0.05, 0.1) is 6.10 Å². The lowest BCUT2D eigenvalue weighted by Gasteiger charge is -2.25. The Kier molecular flexibility index (Phi) is 8.44. The van der Waals surface area contributed by atoms with Crippen LogP contribution in [-0.4, -0.2) is 46.7 Å². The molecule has 0 heterocycles. The van der Waals surface area contributed by atoms with Crippen molar-refractivity contribution in [2.24, 2.45) is 0 Å². The molecular formula is C21H30N2O3S. The monoisotopic (exact) mass is 390 g/mol. The minimum absolute atomic E-state index is 0.00585. The Morgan fingerprint density at radius 3 is 2.52 bits per heavy atom. The van der Waals surface area contributed by atoms with E-state index in [9.17, 15) is 14.8 Å². The first kappa shape index (κ1) is 21.6. The Morgan fingerprint density at radius 1 is 1.19 bits per heavy atom. The lowest BCUT2D eigenvalue weighted by Crippen LogP contribution is -2.34. The number of anilines is 1. The van der Waals surface area contributed by atoms with Crippen molar-refractivity contribution < 1.29 is 14.8 Å². The molecule has 3 N–H and O–H groups in total. The number of hydrogen-bond acceptors (Lipinski definition) is 5. The predicted molar refractivity (Wildman–Crippen MR) is 112 cm³/mol. The van der Waals surface area contributed by atoms with E-state index in [2.05, 4.69) is 36.2 Å². The van der Waals surface area contributed by atoms with Crippen LogP contribution in [0.15, 0.2) is 53.4 Å². The predicted octanol–water partition coefficient (Wildman–Crippen LogP) is 3.06. The van der Waals surface area contributed by atoms with Crippen molar-refractivity contribution in [2.75, 3.05) is 30.8 Å². The summed E-state index contributed by atoms with van der Waals surface area (Å²) in [5, 5.41) is 23.5. The fourth-order valence-electron chi connectivity index (χ4n) is 2.96. The van der Waals surface area contributed by atoms with Crippen molar-refractivity contribution in [1.29, 1.82) is 0 Å². The number of rotatable bonds is 10. The molecule has 0 spiro atoms. The number of hydrogen-bond donors (Lipinski definition) is 3. The SMILES string of the molecule is CCN(CCC(C)NCC(O)c1ccc(O)c([S+](C)[O-])c1)c1ccccc1. The number of nitrogens with zero attached hydrogens (tertiary/aromatic N) is 1. The fraction of sp³-hybridized carbons (Fsp3) is 0.429. The zero-order valence-electron chi connectivity index (χ0n) is 16.3. The molecule has 3 atom stereocenters. The highest BCUT2D eigenvalue weighted by molar-refractivity contribution is 7.90. The molecule has 2 aromatic rings. The van der Waals surface area contributed by atoms with Crippen molar-refractivity contribution in [2.45, 2.75) is 37.3 Å². The largest absolute Gasteiger partial charge is 0.612 e. The van der Waals surface area contributed by atoms with E-state index in [1.54, 1.807) is 12.1 Å². The molecule has 2 aromatic carbocycles. The first-order chi connectivity index (χ1) is 12.9. The molecule has 0 fully saturated rings. The van der Waals surface area contributed by atoms with Crippen molar-refractivity contribution >= 4 is 16.9 Å². The molecular weight excluding hydrogens is 360 g/mol. The number of phenolic OH excluding ortho intramolecular Hbond substituents is 1. The maximum Gasteiger partial charge on any atom is 0.194 e. The van der Waals surface area contributed by atoms with E-state index in [-0.39, 0.29) is 11.8 Å². The molecule has 0 amide bonds. The molecule has 0 saturated heterocycles. The van der Waals surface area contributed by atoms with Crippen LogP contribution < -0.4 is 10.2 Å². The molecule has 2 rings (SSSR count).